The van der Waals surface area contributed by atoms with Crippen LogP contribution >= 0.6 is 24.0 Å². The van der Waals surface area contributed by atoms with Gasteiger partial charge in [0.1, 0.15) is 5.75 Å². The number of nitrogens with one attached hydrogen (secondary N) is 2. The lowest BCUT2D eigenvalue weighted by Crippen LogP contribution is -2.37. The number of fused-ring (bicyclic) bond motifs is 1. The summed E-state index contributed by atoms with van der Waals surface area (Å²) in [6.07, 6.45) is 0.953. The molecule has 0 atom stereocenters. The third-order valence-corrected chi connectivity index (χ3v) is 3.61. The van der Waals surface area contributed by atoms with Gasteiger partial charge in [0.2, 0.25) is 0 Å². The van der Waals surface area contributed by atoms with E-state index in [0.717, 1.165) is 37.8 Å². The molecule has 0 aliphatic carbocycles. The predicted molar refractivity (Wildman–Crippen MR) is 111 cm³/mol. The molecule has 2 aromatic rings. The second-order valence-electron chi connectivity index (χ2n) is 5.25. The Hall–Kier alpha value is -1.54. The molecule has 0 bridgehead atoms. The summed E-state index contributed by atoms with van der Waals surface area (Å²) in [7, 11) is 5.17. The standard InChI is InChI=1S/C18H25N3O2.HI/c1-19-18(20-9-4-10-22-2)21-13-14-5-6-16-12-17(23-3)8-7-15(16)11-14;/h5-8,11-12H,4,9-10,13H2,1-3H3,(H2,19,20,21);1H. The molecule has 0 unspecified atom stereocenters. The Morgan fingerprint density at radius 2 is 1.79 bits per heavy atom. The zero-order valence-corrected chi connectivity index (χ0v) is 16.8. The van der Waals surface area contributed by atoms with Gasteiger partial charge in [-0.1, -0.05) is 18.2 Å². The van der Waals surface area contributed by atoms with Gasteiger partial charge in [0.25, 0.3) is 0 Å². The zero-order chi connectivity index (χ0) is 16.5. The Morgan fingerprint density at radius 3 is 2.50 bits per heavy atom. The highest BCUT2D eigenvalue weighted by atomic mass is 127. The van der Waals surface area contributed by atoms with Gasteiger partial charge < -0.3 is 20.1 Å². The molecule has 0 amide bonds. The summed E-state index contributed by atoms with van der Waals surface area (Å²) in [5.41, 5.74) is 1.21. The molecule has 0 saturated heterocycles. The van der Waals surface area contributed by atoms with Crippen LogP contribution in [0.5, 0.6) is 5.75 Å². The van der Waals surface area contributed by atoms with Gasteiger partial charge in [-0.15, -0.1) is 24.0 Å². The van der Waals surface area contributed by atoms with Crippen LogP contribution in [0.25, 0.3) is 10.8 Å². The van der Waals surface area contributed by atoms with Gasteiger partial charge in [-0.3, -0.25) is 4.99 Å². The van der Waals surface area contributed by atoms with Crippen molar-refractivity contribution in [3.05, 3.63) is 42.0 Å². The average molecular weight is 443 g/mol. The van der Waals surface area contributed by atoms with Crippen LogP contribution in [0.2, 0.25) is 0 Å². The van der Waals surface area contributed by atoms with Crippen molar-refractivity contribution < 1.29 is 9.47 Å². The minimum atomic E-state index is 0. The number of methoxy groups -OCH3 is 2. The van der Waals surface area contributed by atoms with Crippen molar-refractivity contribution in [3.8, 4) is 5.75 Å². The van der Waals surface area contributed by atoms with E-state index in [1.165, 1.54) is 16.3 Å². The van der Waals surface area contributed by atoms with Crippen LogP contribution in [0.4, 0.5) is 0 Å². The molecule has 0 heterocycles. The largest absolute Gasteiger partial charge is 0.497 e. The van der Waals surface area contributed by atoms with E-state index in [0.29, 0.717) is 0 Å². The highest BCUT2D eigenvalue weighted by molar-refractivity contribution is 14.0. The molecule has 0 radical (unpaired) electrons. The van der Waals surface area contributed by atoms with Crippen molar-refractivity contribution in [3.63, 3.8) is 0 Å². The van der Waals surface area contributed by atoms with E-state index < -0.39 is 0 Å². The highest BCUT2D eigenvalue weighted by Crippen LogP contribution is 2.21. The third-order valence-electron chi connectivity index (χ3n) is 3.61. The molecule has 0 aliphatic rings. The fourth-order valence-electron chi connectivity index (χ4n) is 2.34. The summed E-state index contributed by atoms with van der Waals surface area (Å²) in [4.78, 5) is 4.22. The van der Waals surface area contributed by atoms with Crippen molar-refractivity contribution in [1.29, 1.82) is 0 Å². The van der Waals surface area contributed by atoms with Crippen LogP contribution in [0, 0.1) is 0 Å². The third kappa shape index (κ3) is 6.16. The number of guanidine groups is 1. The number of ether oxygens (including phenoxy) is 2. The second-order valence-corrected chi connectivity index (χ2v) is 5.25. The lowest BCUT2D eigenvalue weighted by molar-refractivity contribution is 0.195. The molecular formula is C18H26IN3O2. The van der Waals surface area contributed by atoms with E-state index in [1.54, 1.807) is 21.3 Å². The van der Waals surface area contributed by atoms with E-state index in [-0.39, 0.29) is 24.0 Å². The topological polar surface area (TPSA) is 54.9 Å². The molecule has 0 aliphatic heterocycles. The Balaban J connectivity index is 0.00000288. The fraction of sp³-hybridized carbons (Fsp3) is 0.389. The molecule has 0 saturated carbocycles. The van der Waals surface area contributed by atoms with Gasteiger partial charge in [0.05, 0.1) is 7.11 Å². The molecule has 5 nitrogen and oxygen atoms in total. The van der Waals surface area contributed by atoms with Crippen molar-refractivity contribution in [1.82, 2.24) is 10.6 Å². The van der Waals surface area contributed by atoms with Crippen LogP contribution in [-0.4, -0.2) is 40.4 Å². The molecule has 6 heteroatoms. The maximum atomic E-state index is 5.26. The second kappa shape index (κ2) is 11.1. The Kier molecular flexibility index (Phi) is 9.48. The fourth-order valence-corrected chi connectivity index (χ4v) is 2.34. The number of nitrogens with zero attached hydrogens (tertiary/aromatic N) is 1. The molecule has 2 N–H and O–H groups in total. The Morgan fingerprint density at radius 1 is 1.04 bits per heavy atom. The summed E-state index contributed by atoms with van der Waals surface area (Å²) in [5, 5.41) is 8.97. The van der Waals surface area contributed by atoms with Gasteiger partial charge >= 0.3 is 0 Å². The number of benzene rings is 2. The molecule has 132 valence electrons. The predicted octanol–water partition coefficient (Wildman–Crippen LogP) is 3.17. The Bertz CT molecular complexity index is 662. The number of halogens is 1. The first kappa shape index (κ1) is 20.5. The van der Waals surface area contributed by atoms with Gasteiger partial charge in [0.15, 0.2) is 5.96 Å². The zero-order valence-electron chi connectivity index (χ0n) is 14.5. The summed E-state index contributed by atoms with van der Waals surface area (Å²) in [6.45, 7) is 2.31. The van der Waals surface area contributed by atoms with Crippen molar-refractivity contribution in [2.24, 2.45) is 4.99 Å². The molecule has 0 spiro atoms. The summed E-state index contributed by atoms with van der Waals surface area (Å²) >= 11 is 0. The first-order valence-electron chi connectivity index (χ1n) is 7.77. The van der Waals surface area contributed by atoms with Crippen molar-refractivity contribution in [2.75, 3.05) is 34.4 Å². The SMILES string of the molecule is CN=C(NCCCOC)NCc1ccc2cc(OC)ccc2c1.I. The van der Waals surface area contributed by atoms with Crippen LogP contribution in [0.1, 0.15) is 12.0 Å². The smallest absolute Gasteiger partial charge is 0.191 e. The van der Waals surface area contributed by atoms with E-state index >= 15 is 0 Å². The van der Waals surface area contributed by atoms with E-state index in [9.17, 15) is 0 Å². The maximum Gasteiger partial charge on any atom is 0.191 e. The van der Waals surface area contributed by atoms with E-state index in [1.807, 2.05) is 12.1 Å². The highest BCUT2D eigenvalue weighted by Gasteiger charge is 2.01. The van der Waals surface area contributed by atoms with E-state index in [4.69, 9.17) is 9.47 Å². The first-order chi connectivity index (χ1) is 11.3. The number of hydrogen-bond acceptors (Lipinski definition) is 3. The van der Waals surface area contributed by atoms with E-state index in [2.05, 4.69) is 39.9 Å². The summed E-state index contributed by atoms with van der Waals surface area (Å²) in [5.74, 6) is 1.68. The number of aliphatic imine (C=N–C) groups is 1. The number of rotatable bonds is 7. The lowest BCUT2D eigenvalue weighted by Gasteiger charge is -2.12. The molecule has 2 aromatic carbocycles. The van der Waals surface area contributed by atoms with Gasteiger partial charge in [-0.05, 0) is 41.0 Å². The molecule has 2 rings (SSSR count). The summed E-state index contributed by atoms with van der Waals surface area (Å²) in [6, 6.07) is 12.5. The first-order valence-corrected chi connectivity index (χ1v) is 7.77. The quantitative estimate of drug-likeness (QED) is 0.299. The van der Waals surface area contributed by atoms with Crippen molar-refractivity contribution in [2.45, 2.75) is 13.0 Å². The van der Waals surface area contributed by atoms with Crippen molar-refractivity contribution >= 4 is 40.7 Å². The molecular weight excluding hydrogens is 417 g/mol. The molecule has 24 heavy (non-hydrogen) atoms. The monoisotopic (exact) mass is 443 g/mol. The normalized spacial score (nSPS) is 11.0. The Labute approximate surface area is 160 Å². The molecule has 0 aromatic heterocycles. The number of hydrogen-bond donors (Lipinski definition) is 2. The van der Waals surface area contributed by atoms with Crippen LogP contribution in [0.3, 0.4) is 0 Å². The summed E-state index contributed by atoms with van der Waals surface area (Å²) < 4.78 is 10.3. The van der Waals surface area contributed by atoms with Gasteiger partial charge in [-0.2, -0.15) is 0 Å². The lowest BCUT2D eigenvalue weighted by atomic mass is 10.1. The van der Waals surface area contributed by atoms with Crippen LogP contribution < -0.4 is 15.4 Å². The van der Waals surface area contributed by atoms with Gasteiger partial charge in [-0.25, -0.2) is 0 Å². The minimum Gasteiger partial charge on any atom is -0.497 e. The average Bonchev–Trinajstić information content (AvgIpc) is 2.60. The maximum absolute atomic E-state index is 5.26. The van der Waals surface area contributed by atoms with Crippen LogP contribution in [0.15, 0.2) is 41.4 Å². The van der Waals surface area contributed by atoms with Crippen LogP contribution in [-0.2, 0) is 11.3 Å². The van der Waals surface area contributed by atoms with Gasteiger partial charge in [0, 0.05) is 33.9 Å². The molecule has 0 fully saturated rings. The minimum absolute atomic E-state index is 0.